The maximum atomic E-state index is 5.31. The summed E-state index contributed by atoms with van der Waals surface area (Å²) in [6.45, 7) is 5.77. The standard InChI is InChI=1S/C10H15BrN2OS/c1-8(10-9(11)2-7-15-10)12-13-3-5-14-6-4-13/h2,7-8,12H,3-6H2,1H3. The summed E-state index contributed by atoms with van der Waals surface area (Å²) in [5.41, 5.74) is 3.50. The fraction of sp³-hybridized carbons (Fsp3) is 0.600. The number of hydrogen-bond donors (Lipinski definition) is 1. The maximum absolute atomic E-state index is 5.31. The Morgan fingerprint density at radius 1 is 1.53 bits per heavy atom. The smallest absolute Gasteiger partial charge is 0.0608 e. The molecule has 0 amide bonds. The lowest BCUT2D eigenvalue weighted by atomic mass is 10.3. The molecular weight excluding hydrogens is 276 g/mol. The van der Waals surface area contributed by atoms with Crippen LogP contribution in [0.25, 0.3) is 0 Å². The van der Waals surface area contributed by atoms with Crippen molar-refractivity contribution in [2.75, 3.05) is 26.3 Å². The zero-order valence-electron chi connectivity index (χ0n) is 8.70. The van der Waals surface area contributed by atoms with Crippen LogP contribution in [-0.2, 0) is 4.74 Å². The molecule has 1 aliphatic rings. The van der Waals surface area contributed by atoms with E-state index in [2.05, 4.69) is 44.7 Å². The van der Waals surface area contributed by atoms with Gasteiger partial charge in [0, 0.05) is 22.4 Å². The van der Waals surface area contributed by atoms with Gasteiger partial charge in [-0.3, -0.25) is 0 Å². The molecule has 0 radical (unpaired) electrons. The Morgan fingerprint density at radius 3 is 2.87 bits per heavy atom. The normalized spacial score (nSPS) is 20.4. The van der Waals surface area contributed by atoms with Gasteiger partial charge in [-0.15, -0.1) is 11.3 Å². The van der Waals surface area contributed by atoms with Crippen LogP contribution in [0.5, 0.6) is 0 Å². The molecule has 2 rings (SSSR count). The third kappa shape index (κ3) is 3.01. The highest BCUT2D eigenvalue weighted by molar-refractivity contribution is 9.10. The Balaban J connectivity index is 1.91. The number of thiophene rings is 1. The minimum absolute atomic E-state index is 0.359. The van der Waals surface area contributed by atoms with E-state index in [-0.39, 0.29) is 0 Å². The highest BCUT2D eigenvalue weighted by Gasteiger charge is 2.16. The monoisotopic (exact) mass is 290 g/mol. The third-order valence-electron chi connectivity index (χ3n) is 2.43. The summed E-state index contributed by atoms with van der Waals surface area (Å²) in [6.07, 6.45) is 0. The zero-order valence-corrected chi connectivity index (χ0v) is 11.1. The summed E-state index contributed by atoms with van der Waals surface area (Å²) >= 11 is 5.34. The van der Waals surface area contributed by atoms with E-state index in [1.165, 1.54) is 9.35 Å². The highest BCUT2D eigenvalue weighted by atomic mass is 79.9. The summed E-state index contributed by atoms with van der Waals surface area (Å²) in [5.74, 6) is 0. The molecule has 15 heavy (non-hydrogen) atoms. The van der Waals surface area contributed by atoms with Gasteiger partial charge in [-0.2, -0.15) is 0 Å². The van der Waals surface area contributed by atoms with Crippen LogP contribution in [0.15, 0.2) is 15.9 Å². The molecule has 0 saturated carbocycles. The van der Waals surface area contributed by atoms with Gasteiger partial charge >= 0.3 is 0 Å². The van der Waals surface area contributed by atoms with Crippen LogP contribution >= 0.6 is 27.3 Å². The molecule has 1 atom stereocenters. The van der Waals surface area contributed by atoms with Crippen LogP contribution in [0.3, 0.4) is 0 Å². The van der Waals surface area contributed by atoms with E-state index in [9.17, 15) is 0 Å². The number of halogens is 1. The first kappa shape index (κ1) is 11.5. The molecule has 1 aliphatic heterocycles. The largest absolute Gasteiger partial charge is 0.379 e. The van der Waals surface area contributed by atoms with Crippen LogP contribution in [0.1, 0.15) is 17.8 Å². The van der Waals surface area contributed by atoms with E-state index >= 15 is 0 Å². The van der Waals surface area contributed by atoms with Crippen molar-refractivity contribution in [2.45, 2.75) is 13.0 Å². The molecule has 0 aromatic carbocycles. The highest BCUT2D eigenvalue weighted by Crippen LogP contribution is 2.28. The Bertz CT molecular complexity index is 312. The van der Waals surface area contributed by atoms with Crippen LogP contribution < -0.4 is 5.43 Å². The molecule has 1 aromatic rings. The molecule has 1 unspecified atom stereocenters. The molecule has 1 aromatic heterocycles. The predicted molar refractivity (Wildman–Crippen MR) is 66.0 cm³/mol. The van der Waals surface area contributed by atoms with E-state index in [1.807, 2.05) is 0 Å². The summed E-state index contributed by atoms with van der Waals surface area (Å²) in [7, 11) is 0. The molecule has 5 heteroatoms. The quantitative estimate of drug-likeness (QED) is 0.925. The van der Waals surface area contributed by atoms with Gasteiger partial charge < -0.3 is 4.74 Å². The first-order valence-corrected chi connectivity index (χ1v) is 6.76. The number of hydrazine groups is 1. The van der Waals surface area contributed by atoms with Crippen molar-refractivity contribution in [3.63, 3.8) is 0 Å². The van der Waals surface area contributed by atoms with Crippen molar-refractivity contribution >= 4 is 27.3 Å². The number of nitrogens with one attached hydrogen (secondary N) is 1. The van der Waals surface area contributed by atoms with E-state index in [0.29, 0.717) is 6.04 Å². The summed E-state index contributed by atoms with van der Waals surface area (Å²) in [4.78, 5) is 1.35. The Kier molecular flexibility index (Phi) is 4.16. The average Bonchev–Trinajstić information content (AvgIpc) is 2.66. The predicted octanol–water partition coefficient (Wildman–Crippen LogP) is 2.41. The molecule has 0 bridgehead atoms. The molecule has 84 valence electrons. The van der Waals surface area contributed by atoms with Crippen LogP contribution in [0.4, 0.5) is 0 Å². The Hall–Kier alpha value is 0.0600. The second-order valence-corrected chi connectivity index (χ2v) is 5.39. The van der Waals surface area contributed by atoms with Crippen molar-refractivity contribution < 1.29 is 4.74 Å². The average molecular weight is 291 g/mol. The number of ether oxygens (including phenoxy) is 1. The summed E-state index contributed by atoms with van der Waals surface area (Å²) in [5, 5.41) is 4.34. The van der Waals surface area contributed by atoms with E-state index in [4.69, 9.17) is 4.74 Å². The molecule has 0 aliphatic carbocycles. The lowest BCUT2D eigenvalue weighted by Gasteiger charge is -2.30. The fourth-order valence-corrected chi connectivity index (χ4v) is 3.36. The Morgan fingerprint density at radius 2 is 2.27 bits per heavy atom. The van der Waals surface area contributed by atoms with Gasteiger partial charge in [0.15, 0.2) is 0 Å². The fourth-order valence-electron chi connectivity index (χ4n) is 1.64. The molecule has 1 saturated heterocycles. The van der Waals surface area contributed by atoms with Crippen LogP contribution in [-0.4, -0.2) is 31.3 Å². The van der Waals surface area contributed by atoms with Crippen molar-refractivity contribution in [3.8, 4) is 0 Å². The minimum Gasteiger partial charge on any atom is -0.379 e. The number of morpholine rings is 1. The lowest BCUT2D eigenvalue weighted by molar-refractivity contribution is 0.00507. The molecule has 0 spiro atoms. The van der Waals surface area contributed by atoms with Crippen molar-refractivity contribution in [2.24, 2.45) is 0 Å². The molecule has 1 fully saturated rings. The van der Waals surface area contributed by atoms with E-state index in [0.717, 1.165) is 26.3 Å². The molecule has 1 N–H and O–H groups in total. The van der Waals surface area contributed by atoms with Gasteiger partial charge in [0.05, 0.1) is 19.3 Å². The van der Waals surface area contributed by atoms with E-state index in [1.54, 1.807) is 11.3 Å². The molecular formula is C10H15BrN2OS. The number of nitrogens with zero attached hydrogens (tertiary/aromatic N) is 1. The van der Waals surface area contributed by atoms with Crippen LogP contribution in [0.2, 0.25) is 0 Å². The topological polar surface area (TPSA) is 24.5 Å². The van der Waals surface area contributed by atoms with Crippen molar-refractivity contribution in [1.82, 2.24) is 10.4 Å². The number of hydrogen-bond acceptors (Lipinski definition) is 4. The van der Waals surface area contributed by atoms with Gasteiger partial charge in [-0.05, 0) is 34.3 Å². The first-order chi connectivity index (χ1) is 7.27. The van der Waals surface area contributed by atoms with Gasteiger partial charge in [-0.25, -0.2) is 10.4 Å². The van der Waals surface area contributed by atoms with Gasteiger partial charge in [0.2, 0.25) is 0 Å². The SMILES string of the molecule is CC(NN1CCOCC1)c1sccc1Br. The lowest BCUT2D eigenvalue weighted by Crippen LogP contribution is -2.46. The van der Waals surface area contributed by atoms with Gasteiger partial charge in [0.1, 0.15) is 0 Å². The van der Waals surface area contributed by atoms with E-state index < -0.39 is 0 Å². The molecule has 2 heterocycles. The van der Waals surface area contributed by atoms with Gasteiger partial charge in [0.25, 0.3) is 0 Å². The second kappa shape index (κ2) is 5.41. The van der Waals surface area contributed by atoms with Gasteiger partial charge in [-0.1, -0.05) is 0 Å². The third-order valence-corrected chi connectivity index (χ3v) is 4.48. The number of rotatable bonds is 3. The minimum atomic E-state index is 0.359. The van der Waals surface area contributed by atoms with Crippen LogP contribution in [0, 0.1) is 0 Å². The zero-order chi connectivity index (χ0) is 10.7. The molecule has 3 nitrogen and oxygen atoms in total. The second-order valence-electron chi connectivity index (χ2n) is 3.58. The van der Waals surface area contributed by atoms with Crippen molar-refractivity contribution in [3.05, 3.63) is 20.8 Å². The summed E-state index contributed by atoms with van der Waals surface area (Å²) in [6, 6.07) is 2.45. The summed E-state index contributed by atoms with van der Waals surface area (Å²) < 4.78 is 6.50. The first-order valence-electron chi connectivity index (χ1n) is 5.09. The van der Waals surface area contributed by atoms with Crippen molar-refractivity contribution in [1.29, 1.82) is 0 Å². The Labute approximate surface area is 103 Å². The maximum Gasteiger partial charge on any atom is 0.0608 e.